The van der Waals surface area contributed by atoms with Crippen LogP contribution in [0.3, 0.4) is 0 Å². The van der Waals surface area contributed by atoms with E-state index >= 15 is 0 Å². The van der Waals surface area contributed by atoms with E-state index in [2.05, 4.69) is 10.3 Å². The predicted octanol–water partition coefficient (Wildman–Crippen LogP) is 3.25. The fourth-order valence-electron chi connectivity index (χ4n) is 2.08. The number of hydrogen-bond donors (Lipinski definition) is 1. The second-order valence-corrected chi connectivity index (χ2v) is 4.59. The van der Waals surface area contributed by atoms with Gasteiger partial charge in [-0.15, -0.1) is 0 Å². The highest BCUT2D eigenvalue weighted by Gasteiger charge is 2.21. The minimum absolute atomic E-state index is 0.0906. The van der Waals surface area contributed by atoms with Crippen molar-refractivity contribution in [2.75, 3.05) is 5.32 Å². The van der Waals surface area contributed by atoms with E-state index in [9.17, 15) is 4.79 Å². The van der Waals surface area contributed by atoms with E-state index in [1.54, 1.807) is 12.3 Å². The molecule has 2 rings (SSSR count). The van der Waals surface area contributed by atoms with Crippen molar-refractivity contribution in [3.8, 4) is 0 Å². The standard InChI is InChI=1S/C12H15ClN2O/c13-10-8-14-7-6-11(10)15-12(16)9-4-2-1-3-5-9/h6-9H,1-5H2,(H,14,15,16). The molecular weight excluding hydrogens is 224 g/mol. The van der Waals surface area contributed by atoms with Gasteiger partial charge in [-0.25, -0.2) is 0 Å². The molecule has 1 saturated carbocycles. The summed E-state index contributed by atoms with van der Waals surface area (Å²) in [7, 11) is 0. The molecule has 0 atom stereocenters. The van der Waals surface area contributed by atoms with Gasteiger partial charge in [0.05, 0.1) is 10.7 Å². The van der Waals surface area contributed by atoms with Crippen LogP contribution in [-0.4, -0.2) is 10.9 Å². The number of amides is 1. The number of carbonyl (C=O) groups is 1. The molecule has 1 aromatic rings. The summed E-state index contributed by atoms with van der Waals surface area (Å²) in [4.78, 5) is 15.8. The lowest BCUT2D eigenvalue weighted by molar-refractivity contribution is -0.120. The molecule has 86 valence electrons. The van der Waals surface area contributed by atoms with Crippen molar-refractivity contribution in [3.63, 3.8) is 0 Å². The summed E-state index contributed by atoms with van der Waals surface area (Å²) in [5.74, 6) is 0.241. The lowest BCUT2D eigenvalue weighted by Gasteiger charge is -2.20. The van der Waals surface area contributed by atoms with E-state index < -0.39 is 0 Å². The lowest BCUT2D eigenvalue weighted by Crippen LogP contribution is -2.24. The van der Waals surface area contributed by atoms with E-state index in [0.717, 1.165) is 25.7 Å². The van der Waals surface area contributed by atoms with E-state index in [0.29, 0.717) is 10.7 Å². The van der Waals surface area contributed by atoms with Crippen LogP contribution < -0.4 is 5.32 Å². The second kappa shape index (κ2) is 5.30. The molecule has 0 spiro atoms. The largest absolute Gasteiger partial charge is 0.324 e. The summed E-state index contributed by atoms with van der Waals surface area (Å²) in [5, 5.41) is 3.36. The highest BCUT2D eigenvalue weighted by atomic mass is 35.5. The van der Waals surface area contributed by atoms with Crippen LogP contribution in [0.4, 0.5) is 5.69 Å². The summed E-state index contributed by atoms with van der Waals surface area (Å²) in [6.45, 7) is 0. The second-order valence-electron chi connectivity index (χ2n) is 4.18. The van der Waals surface area contributed by atoms with E-state index in [1.165, 1.54) is 12.6 Å². The first-order valence-corrected chi connectivity index (χ1v) is 6.05. The zero-order valence-electron chi connectivity index (χ0n) is 9.08. The van der Waals surface area contributed by atoms with Crippen molar-refractivity contribution < 1.29 is 4.79 Å². The number of halogens is 1. The average molecular weight is 239 g/mol. The Morgan fingerprint density at radius 3 is 2.81 bits per heavy atom. The molecule has 1 aliphatic carbocycles. The topological polar surface area (TPSA) is 42.0 Å². The molecule has 1 N–H and O–H groups in total. The highest BCUT2D eigenvalue weighted by Crippen LogP contribution is 2.26. The fraction of sp³-hybridized carbons (Fsp3) is 0.500. The Morgan fingerprint density at radius 1 is 1.38 bits per heavy atom. The molecule has 0 radical (unpaired) electrons. The molecule has 1 aliphatic rings. The first-order valence-electron chi connectivity index (χ1n) is 5.68. The van der Waals surface area contributed by atoms with Crippen molar-refractivity contribution in [1.29, 1.82) is 0 Å². The van der Waals surface area contributed by atoms with Crippen LogP contribution in [0.25, 0.3) is 0 Å². The monoisotopic (exact) mass is 238 g/mol. The summed E-state index contributed by atoms with van der Waals surface area (Å²) < 4.78 is 0. The third kappa shape index (κ3) is 2.73. The third-order valence-corrected chi connectivity index (χ3v) is 3.31. The Morgan fingerprint density at radius 2 is 2.12 bits per heavy atom. The van der Waals surface area contributed by atoms with Crippen LogP contribution in [0.1, 0.15) is 32.1 Å². The number of nitrogens with zero attached hydrogens (tertiary/aromatic N) is 1. The van der Waals surface area contributed by atoms with Gasteiger partial charge in [0.25, 0.3) is 0 Å². The molecule has 0 unspecified atom stereocenters. The van der Waals surface area contributed by atoms with Crippen LogP contribution in [0.15, 0.2) is 18.5 Å². The number of aromatic nitrogens is 1. The summed E-state index contributed by atoms with van der Waals surface area (Å²) in [6, 6.07) is 1.73. The minimum Gasteiger partial charge on any atom is -0.324 e. The summed E-state index contributed by atoms with van der Waals surface area (Å²) in [5.41, 5.74) is 0.659. The minimum atomic E-state index is 0.0906. The van der Waals surface area contributed by atoms with Crippen LogP contribution in [0.5, 0.6) is 0 Å². The first kappa shape index (κ1) is 11.4. The quantitative estimate of drug-likeness (QED) is 0.859. The molecule has 0 aliphatic heterocycles. The van der Waals surface area contributed by atoms with Gasteiger partial charge in [0.2, 0.25) is 5.91 Å². The first-order chi connectivity index (χ1) is 7.77. The van der Waals surface area contributed by atoms with E-state index in [-0.39, 0.29) is 11.8 Å². The van der Waals surface area contributed by atoms with Crippen molar-refractivity contribution in [3.05, 3.63) is 23.5 Å². The van der Waals surface area contributed by atoms with E-state index in [4.69, 9.17) is 11.6 Å². The molecule has 1 fully saturated rings. The highest BCUT2D eigenvalue weighted by molar-refractivity contribution is 6.33. The average Bonchev–Trinajstić information content (AvgIpc) is 2.33. The van der Waals surface area contributed by atoms with Crippen LogP contribution in [-0.2, 0) is 4.79 Å². The third-order valence-electron chi connectivity index (χ3n) is 3.01. The van der Waals surface area contributed by atoms with Crippen molar-refractivity contribution in [2.45, 2.75) is 32.1 Å². The van der Waals surface area contributed by atoms with Crippen molar-refractivity contribution in [1.82, 2.24) is 4.98 Å². The zero-order valence-corrected chi connectivity index (χ0v) is 9.83. The SMILES string of the molecule is O=C(Nc1ccncc1Cl)C1CCCCC1. The maximum Gasteiger partial charge on any atom is 0.227 e. The summed E-state index contributed by atoms with van der Waals surface area (Å²) in [6.07, 6.45) is 8.72. The van der Waals surface area contributed by atoms with Crippen molar-refractivity contribution in [2.24, 2.45) is 5.92 Å². The summed E-state index contributed by atoms with van der Waals surface area (Å²) >= 11 is 5.93. The number of carbonyl (C=O) groups excluding carboxylic acids is 1. The van der Waals surface area contributed by atoms with Gasteiger partial charge in [0, 0.05) is 18.3 Å². The predicted molar refractivity (Wildman–Crippen MR) is 64.5 cm³/mol. The molecule has 16 heavy (non-hydrogen) atoms. The van der Waals surface area contributed by atoms with Crippen LogP contribution in [0, 0.1) is 5.92 Å². The molecule has 0 saturated heterocycles. The number of anilines is 1. The number of pyridine rings is 1. The fourth-order valence-corrected chi connectivity index (χ4v) is 2.24. The molecule has 1 aromatic heterocycles. The van der Waals surface area contributed by atoms with Gasteiger partial charge in [-0.05, 0) is 18.9 Å². The van der Waals surface area contributed by atoms with E-state index in [1.807, 2.05) is 0 Å². The number of nitrogens with one attached hydrogen (secondary N) is 1. The smallest absolute Gasteiger partial charge is 0.227 e. The number of hydrogen-bond acceptors (Lipinski definition) is 2. The Hall–Kier alpha value is -1.09. The Labute approximate surface area is 100 Å². The normalized spacial score (nSPS) is 17.1. The zero-order chi connectivity index (χ0) is 11.4. The number of rotatable bonds is 2. The molecule has 1 heterocycles. The molecule has 0 aromatic carbocycles. The Kier molecular flexibility index (Phi) is 3.78. The van der Waals surface area contributed by atoms with Crippen LogP contribution >= 0.6 is 11.6 Å². The molecular formula is C12H15ClN2O. The van der Waals surface area contributed by atoms with Gasteiger partial charge in [-0.2, -0.15) is 0 Å². The van der Waals surface area contributed by atoms with Gasteiger partial charge >= 0.3 is 0 Å². The molecule has 4 heteroatoms. The van der Waals surface area contributed by atoms with Gasteiger partial charge in [0.1, 0.15) is 0 Å². The Bertz CT molecular complexity index is 375. The molecule has 0 bridgehead atoms. The van der Waals surface area contributed by atoms with Gasteiger partial charge in [0.15, 0.2) is 0 Å². The van der Waals surface area contributed by atoms with Gasteiger partial charge in [-0.3, -0.25) is 9.78 Å². The Balaban J connectivity index is 1.99. The lowest BCUT2D eigenvalue weighted by atomic mass is 9.88. The maximum atomic E-state index is 11.9. The molecule has 3 nitrogen and oxygen atoms in total. The van der Waals surface area contributed by atoms with Gasteiger partial charge in [-0.1, -0.05) is 30.9 Å². The maximum absolute atomic E-state index is 11.9. The molecule has 1 amide bonds. The van der Waals surface area contributed by atoms with Gasteiger partial charge < -0.3 is 5.32 Å². The van der Waals surface area contributed by atoms with Crippen molar-refractivity contribution >= 4 is 23.2 Å². The van der Waals surface area contributed by atoms with Crippen LogP contribution in [0.2, 0.25) is 5.02 Å².